The molecule has 2 aliphatic heterocycles. The van der Waals surface area contributed by atoms with Crippen molar-refractivity contribution in [1.82, 2.24) is 15.1 Å². The fourth-order valence-corrected chi connectivity index (χ4v) is 3.64. The Labute approximate surface area is 140 Å². The molecule has 4 amide bonds. The average molecular weight is 330 g/mol. The predicted octanol–water partition coefficient (Wildman–Crippen LogP) is 0.618. The number of hydrogen-bond acceptors (Lipinski definition) is 4. The number of amides is 4. The summed E-state index contributed by atoms with van der Waals surface area (Å²) in [6, 6.07) is 8.07. The van der Waals surface area contributed by atoms with Gasteiger partial charge in [0, 0.05) is 19.1 Å². The summed E-state index contributed by atoms with van der Waals surface area (Å²) in [5.74, 6) is -0.683. The molecular weight excluding hydrogens is 308 g/mol. The summed E-state index contributed by atoms with van der Waals surface area (Å²) in [5.41, 5.74) is 5.45. The van der Waals surface area contributed by atoms with Crippen LogP contribution in [0.2, 0.25) is 0 Å². The summed E-state index contributed by atoms with van der Waals surface area (Å²) in [5, 5.41) is 2.83. The summed E-state index contributed by atoms with van der Waals surface area (Å²) in [4.78, 5) is 40.0. The first-order valence-electron chi connectivity index (χ1n) is 8.10. The summed E-state index contributed by atoms with van der Waals surface area (Å²) in [7, 11) is 0. The van der Waals surface area contributed by atoms with Gasteiger partial charge in [0.15, 0.2) is 0 Å². The Bertz CT molecular complexity index is 676. The highest BCUT2D eigenvalue weighted by Crippen LogP contribution is 2.34. The van der Waals surface area contributed by atoms with Crippen molar-refractivity contribution in [2.75, 3.05) is 13.1 Å². The molecule has 0 bridgehead atoms. The fraction of sp³-hybridized carbons (Fsp3) is 0.471. The number of nitrogens with zero attached hydrogens (tertiary/aromatic N) is 2. The first-order chi connectivity index (χ1) is 11.4. The maximum atomic E-state index is 12.8. The molecule has 7 nitrogen and oxygen atoms in total. The average Bonchev–Trinajstić information content (AvgIpc) is 3.02. The number of benzene rings is 1. The van der Waals surface area contributed by atoms with Crippen LogP contribution in [0.4, 0.5) is 4.79 Å². The van der Waals surface area contributed by atoms with Crippen LogP contribution in [0.15, 0.2) is 30.3 Å². The molecule has 0 aromatic heterocycles. The molecule has 2 aliphatic rings. The van der Waals surface area contributed by atoms with E-state index in [-0.39, 0.29) is 24.5 Å². The van der Waals surface area contributed by atoms with Gasteiger partial charge in [0.2, 0.25) is 5.91 Å². The van der Waals surface area contributed by atoms with E-state index in [1.807, 2.05) is 35.2 Å². The van der Waals surface area contributed by atoms with Gasteiger partial charge in [-0.05, 0) is 25.8 Å². The zero-order chi connectivity index (χ0) is 17.5. The normalized spacial score (nSPS) is 25.5. The van der Waals surface area contributed by atoms with E-state index in [0.29, 0.717) is 13.0 Å². The predicted molar refractivity (Wildman–Crippen MR) is 87.8 cm³/mol. The first kappa shape index (κ1) is 16.4. The molecule has 3 N–H and O–H groups in total. The van der Waals surface area contributed by atoms with Gasteiger partial charge in [0.1, 0.15) is 11.6 Å². The van der Waals surface area contributed by atoms with E-state index in [0.717, 1.165) is 5.56 Å². The number of hydrogen-bond donors (Lipinski definition) is 2. The smallest absolute Gasteiger partial charge is 0.325 e. The number of likely N-dealkylation sites (tertiary alicyclic amines) is 1. The summed E-state index contributed by atoms with van der Waals surface area (Å²) in [6.45, 7) is 4.41. The molecule has 3 rings (SSSR count). The second-order valence-corrected chi connectivity index (χ2v) is 6.72. The van der Waals surface area contributed by atoms with Crippen molar-refractivity contribution >= 4 is 17.8 Å². The number of nitrogens with two attached hydrogens (primary N) is 1. The molecule has 1 spiro atoms. The second kappa shape index (κ2) is 5.90. The van der Waals surface area contributed by atoms with Gasteiger partial charge in [0.05, 0.1) is 0 Å². The maximum Gasteiger partial charge on any atom is 0.325 e. The third-order valence-corrected chi connectivity index (χ3v) is 4.76. The Hall–Kier alpha value is -2.41. The van der Waals surface area contributed by atoms with E-state index >= 15 is 0 Å². The summed E-state index contributed by atoms with van der Waals surface area (Å²) >= 11 is 0. The highest BCUT2D eigenvalue weighted by molar-refractivity contribution is 6.07. The zero-order valence-electron chi connectivity index (χ0n) is 13.9. The Balaban J connectivity index is 1.86. The van der Waals surface area contributed by atoms with Crippen molar-refractivity contribution < 1.29 is 14.4 Å². The highest BCUT2D eigenvalue weighted by atomic mass is 16.2. The van der Waals surface area contributed by atoms with Gasteiger partial charge in [-0.1, -0.05) is 30.3 Å². The molecule has 2 saturated heterocycles. The van der Waals surface area contributed by atoms with E-state index in [9.17, 15) is 14.4 Å². The number of urea groups is 1. The maximum absolute atomic E-state index is 12.8. The molecule has 7 heteroatoms. The number of primary amides is 1. The molecule has 2 atom stereocenters. The molecule has 24 heavy (non-hydrogen) atoms. The highest BCUT2D eigenvalue weighted by Gasteiger charge is 2.56. The molecule has 0 unspecified atom stereocenters. The van der Waals surface area contributed by atoms with Crippen LogP contribution in [-0.2, 0) is 9.59 Å². The van der Waals surface area contributed by atoms with Crippen LogP contribution in [0.1, 0.15) is 31.9 Å². The number of carbonyl (C=O) groups excluding carboxylic acids is 3. The second-order valence-electron chi connectivity index (χ2n) is 6.72. The molecule has 1 aromatic carbocycles. The Morgan fingerprint density at radius 2 is 1.92 bits per heavy atom. The van der Waals surface area contributed by atoms with E-state index < -0.39 is 17.5 Å². The first-order valence-corrected chi connectivity index (χ1v) is 8.10. The Morgan fingerprint density at radius 3 is 2.46 bits per heavy atom. The molecule has 0 saturated carbocycles. The van der Waals surface area contributed by atoms with E-state index in [4.69, 9.17) is 5.73 Å². The SMILES string of the molecule is CC(C)N1C(=O)N[C@@]2(CCN([C@@H](C(N)=O)c3ccccc3)C2)C1=O. The Kier molecular flexibility index (Phi) is 4.04. The van der Waals surface area contributed by atoms with Gasteiger partial charge in [0.25, 0.3) is 5.91 Å². The quantitative estimate of drug-likeness (QED) is 0.791. The van der Waals surface area contributed by atoms with Crippen LogP contribution in [-0.4, -0.2) is 52.3 Å². The van der Waals surface area contributed by atoms with E-state index in [1.165, 1.54) is 4.90 Å². The summed E-state index contributed by atoms with van der Waals surface area (Å²) < 4.78 is 0. The van der Waals surface area contributed by atoms with E-state index in [1.54, 1.807) is 13.8 Å². The van der Waals surface area contributed by atoms with Crippen LogP contribution in [0, 0.1) is 0 Å². The van der Waals surface area contributed by atoms with Crippen LogP contribution < -0.4 is 11.1 Å². The fourth-order valence-electron chi connectivity index (χ4n) is 3.64. The monoisotopic (exact) mass is 330 g/mol. The van der Waals surface area contributed by atoms with Crippen molar-refractivity contribution in [2.24, 2.45) is 5.73 Å². The molecule has 128 valence electrons. The number of nitrogens with one attached hydrogen (secondary N) is 1. The zero-order valence-corrected chi connectivity index (χ0v) is 13.9. The van der Waals surface area contributed by atoms with Crippen molar-refractivity contribution in [3.8, 4) is 0 Å². The third-order valence-electron chi connectivity index (χ3n) is 4.76. The van der Waals surface area contributed by atoms with Gasteiger partial charge >= 0.3 is 6.03 Å². The molecule has 2 heterocycles. The van der Waals surface area contributed by atoms with E-state index in [2.05, 4.69) is 5.32 Å². The van der Waals surface area contributed by atoms with Crippen molar-refractivity contribution in [1.29, 1.82) is 0 Å². The number of rotatable bonds is 4. The lowest BCUT2D eigenvalue weighted by Gasteiger charge is -2.27. The molecule has 0 aliphatic carbocycles. The van der Waals surface area contributed by atoms with Gasteiger partial charge in [-0.15, -0.1) is 0 Å². The minimum absolute atomic E-state index is 0.202. The van der Waals surface area contributed by atoms with Crippen LogP contribution in [0.25, 0.3) is 0 Å². The minimum Gasteiger partial charge on any atom is -0.368 e. The Morgan fingerprint density at radius 1 is 1.25 bits per heavy atom. The largest absolute Gasteiger partial charge is 0.368 e. The molecule has 0 radical (unpaired) electrons. The van der Waals surface area contributed by atoms with Gasteiger partial charge in [-0.25, -0.2) is 4.79 Å². The lowest BCUT2D eigenvalue weighted by atomic mass is 9.98. The molecular formula is C17H22N4O3. The third kappa shape index (κ3) is 2.54. The van der Waals surface area contributed by atoms with Crippen LogP contribution in [0.5, 0.6) is 0 Å². The lowest BCUT2D eigenvalue weighted by molar-refractivity contribution is -0.132. The van der Waals surface area contributed by atoms with Gasteiger partial charge in [-0.2, -0.15) is 0 Å². The van der Waals surface area contributed by atoms with Crippen LogP contribution >= 0.6 is 0 Å². The van der Waals surface area contributed by atoms with Crippen molar-refractivity contribution in [3.05, 3.63) is 35.9 Å². The van der Waals surface area contributed by atoms with Crippen molar-refractivity contribution in [2.45, 2.75) is 37.9 Å². The van der Waals surface area contributed by atoms with Crippen LogP contribution in [0.3, 0.4) is 0 Å². The number of imide groups is 1. The van der Waals surface area contributed by atoms with Gasteiger partial charge < -0.3 is 11.1 Å². The van der Waals surface area contributed by atoms with Gasteiger partial charge in [-0.3, -0.25) is 19.4 Å². The summed E-state index contributed by atoms with van der Waals surface area (Å²) in [6.07, 6.45) is 0.470. The minimum atomic E-state index is -0.955. The molecule has 1 aromatic rings. The van der Waals surface area contributed by atoms with Crippen molar-refractivity contribution in [3.63, 3.8) is 0 Å². The molecule has 2 fully saturated rings. The lowest BCUT2D eigenvalue weighted by Crippen LogP contribution is -2.50. The topological polar surface area (TPSA) is 95.7 Å². The standard InChI is InChI=1S/C17H22N4O3/c1-11(2)21-15(23)17(19-16(21)24)8-9-20(10-17)13(14(18)22)12-6-4-3-5-7-12/h3-7,11,13H,8-10H2,1-2H3,(H2,18,22)(H,19,24)/t13-,17-/m1/s1. The number of carbonyl (C=O) groups is 3.